The van der Waals surface area contributed by atoms with Gasteiger partial charge >= 0.3 is 6.03 Å². The first kappa shape index (κ1) is 18.7. The van der Waals surface area contributed by atoms with Gasteiger partial charge in [-0.1, -0.05) is 37.3 Å². The first-order valence-corrected chi connectivity index (χ1v) is 8.79. The fourth-order valence-electron chi connectivity index (χ4n) is 3.21. The van der Waals surface area contributed by atoms with Gasteiger partial charge in [0.1, 0.15) is 0 Å². The lowest BCUT2D eigenvalue weighted by molar-refractivity contribution is -0.00575. The van der Waals surface area contributed by atoms with E-state index in [9.17, 15) is 4.79 Å². The van der Waals surface area contributed by atoms with Crippen LogP contribution in [0.3, 0.4) is 0 Å². The lowest BCUT2D eigenvalue weighted by Crippen LogP contribution is -2.57. The molecule has 1 aliphatic heterocycles. The second-order valence-electron chi connectivity index (χ2n) is 7.05. The Morgan fingerprint density at radius 3 is 2.42 bits per heavy atom. The van der Waals surface area contributed by atoms with Gasteiger partial charge < -0.3 is 20.3 Å². The predicted molar refractivity (Wildman–Crippen MR) is 97.3 cm³/mol. The van der Waals surface area contributed by atoms with Crippen LogP contribution in [0.15, 0.2) is 30.3 Å². The summed E-state index contributed by atoms with van der Waals surface area (Å²) in [4.78, 5) is 14.5. The standard InChI is InChI=1S/C19H31N3O2/c1-15(17-8-6-5-7-9-17)16(2)21-18(23)20-14-19(22(3)4)10-12-24-13-11-19/h5-9,15-16H,10-14H2,1-4H3,(H2,20,21,23)/t15-,16+/m0/s1. The number of carbonyl (C=O) groups is 1. The Balaban J connectivity index is 1.86. The Labute approximate surface area is 145 Å². The molecule has 0 spiro atoms. The molecular formula is C19H31N3O2. The largest absolute Gasteiger partial charge is 0.381 e. The van der Waals surface area contributed by atoms with Crippen LogP contribution in [-0.4, -0.2) is 56.4 Å². The maximum absolute atomic E-state index is 12.3. The maximum Gasteiger partial charge on any atom is 0.315 e. The van der Waals surface area contributed by atoms with E-state index in [1.807, 2.05) is 25.1 Å². The smallest absolute Gasteiger partial charge is 0.315 e. The molecule has 2 N–H and O–H groups in total. The Kier molecular flexibility index (Phi) is 6.63. The molecular weight excluding hydrogens is 302 g/mol. The normalized spacial score (nSPS) is 19.5. The van der Waals surface area contributed by atoms with Crippen LogP contribution in [0.25, 0.3) is 0 Å². The number of hydrogen-bond acceptors (Lipinski definition) is 3. The molecule has 1 heterocycles. The van der Waals surface area contributed by atoms with Crippen molar-refractivity contribution in [2.45, 2.75) is 44.2 Å². The molecule has 1 aliphatic rings. The predicted octanol–water partition coefficient (Wildman–Crippen LogP) is 2.59. The van der Waals surface area contributed by atoms with Gasteiger partial charge in [-0.2, -0.15) is 0 Å². The number of hydrogen-bond donors (Lipinski definition) is 2. The second kappa shape index (κ2) is 8.49. The lowest BCUT2D eigenvalue weighted by atomic mass is 9.88. The minimum Gasteiger partial charge on any atom is -0.381 e. The molecule has 0 unspecified atom stereocenters. The summed E-state index contributed by atoms with van der Waals surface area (Å²) < 4.78 is 5.47. The van der Waals surface area contributed by atoms with Crippen molar-refractivity contribution in [3.05, 3.63) is 35.9 Å². The van der Waals surface area contributed by atoms with Crippen LogP contribution < -0.4 is 10.6 Å². The van der Waals surface area contributed by atoms with E-state index >= 15 is 0 Å². The number of ether oxygens (including phenoxy) is 1. The van der Waals surface area contributed by atoms with Crippen molar-refractivity contribution in [2.75, 3.05) is 33.9 Å². The van der Waals surface area contributed by atoms with E-state index in [0.717, 1.165) is 26.1 Å². The zero-order valence-corrected chi connectivity index (χ0v) is 15.3. The molecule has 1 fully saturated rings. The second-order valence-corrected chi connectivity index (χ2v) is 7.05. The van der Waals surface area contributed by atoms with Crippen molar-refractivity contribution < 1.29 is 9.53 Å². The molecule has 134 valence electrons. The quantitative estimate of drug-likeness (QED) is 0.841. The minimum atomic E-state index is -0.0991. The van der Waals surface area contributed by atoms with E-state index in [2.05, 4.69) is 48.7 Å². The maximum atomic E-state index is 12.3. The summed E-state index contributed by atoms with van der Waals surface area (Å²) in [5, 5.41) is 6.14. The summed E-state index contributed by atoms with van der Waals surface area (Å²) in [6, 6.07) is 10.2. The molecule has 1 aromatic carbocycles. The number of amides is 2. The Morgan fingerprint density at radius 2 is 1.83 bits per heavy atom. The summed E-state index contributed by atoms with van der Waals surface area (Å²) in [5.74, 6) is 0.267. The Morgan fingerprint density at radius 1 is 1.21 bits per heavy atom. The minimum absolute atomic E-state index is 0.0100. The highest BCUT2D eigenvalue weighted by atomic mass is 16.5. The van der Waals surface area contributed by atoms with Gasteiger partial charge in [0.15, 0.2) is 0 Å². The monoisotopic (exact) mass is 333 g/mol. The van der Waals surface area contributed by atoms with Gasteiger partial charge in [0.25, 0.3) is 0 Å². The van der Waals surface area contributed by atoms with Gasteiger partial charge in [0.05, 0.1) is 0 Å². The third kappa shape index (κ3) is 4.71. The van der Waals surface area contributed by atoms with Gasteiger partial charge in [0.2, 0.25) is 0 Å². The molecule has 0 radical (unpaired) electrons. The molecule has 0 aromatic heterocycles. The first-order valence-electron chi connectivity index (χ1n) is 8.79. The SMILES string of the molecule is C[C@H](c1ccccc1)[C@@H](C)NC(=O)NCC1(N(C)C)CCOCC1. The fourth-order valence-corrected chi connectivity index (χ4v) is 3.21. The van der Waals surface area contributed by atoms with Gasteiger partial charge in [-0.25, -0.2) is 4.79 Å². The van der Waals surface area contributed by atoms with Crippen molar-refractivity contribution in [1.29, 1.82) is 0 Å². The van der Waals surface area contributed by atoms with Crippen LogP contribution in [0.1, 0.15) is 38.2 Å². The number of nitrogens with zero attached hydrogens (tertiary/aromatic N) is 1. The topological polar surface area (TPSA) is 53.6 Å². The molecule has 1 aromatic rings. The van der Waals surface area contributed by atoms with Crippen molar-refractivity contribution in [3.8, 4) is 0 Å². The molecule has 2 rings (SSSR count). The third-order valence-corrected chi connectivity index (χ3v) is 5.38. The zero-order chi connectivity index (χ0) is 17.6. The van der Waals surface area contributed by atoms with Gasteiger partial charge in [-0.05, 0) is 39.4 Å². The van der Waals surface area contributed by atoms with Crippen LogP contribution in [-0.2, 0) is 4.74 Å². The van der Waals surface area contributed by atoms with Crippen LogP contribution >= 0.6 is 0 Å². The molecule has 2 atom stereocenters. The van der Waals surface area contributed by atoms with Gasteiger partial charge in [0, 0.05) is 37.3 Å². The summed E-state index contributed by atoms with van der Waals surface area (Å²) in [5.41, 5.74) is 1.23. The van der Waals surface area contributed by atoms with E-state index in [0.29, 0.717) is 6.54 Å². The number of benzene rings is 1. The fraction of sp³-hybridized carbons (Fsp3) is 0.632. The number of carbonyl (C=O) groups excluding carboxylic acids is 1. The van der Waals surface area contributed by atoms with Gasteiger partial charge in [-0.15, -0.1) is 0 Å². The molecule has 2 amide bonds. The van der Waals surface area contributed by atoms with Crippen molar-refractivity contribution in [3.63, 3.8) is 0 Å². The van der Waals surface area contributed by atoms with Gasteiger partial charge in [-0.3, -0.25) is 0 Å². The van der Waals surface area contributed by atoms with Crippen molar-refractivity contribution >= 4 is 6.03 Å². The zero-order valence-electron chi connectivity index (χ0n) is 15.3. The summed E-state index contributed by atoms with van der Waals surface area (Å²) in [7, 11) is 4.15. The van der Waals surface area contributed by atoms with Crippen LogP contribution in [0, 0.1) is 0 Å². The van der Waals surface area contributed by atoms with E-state index in [1.165, 1.54) is 5.56 Å². The molecule has 0 saturated carbocycles. The molecule has 5 nitrogen and oxygen atoms in total. The lowest BCUT2D eigenvalue weighted by Gasteiger charge is -2.42. The van der Waals surface area contributed by atoms with E-state index in [4.69, 9.17) is 4.74 Å². The Bertz CT molecular complexity index is 513. The molecule has 5 heteroatoms. The first-order chi connectivity index (χ1) is 11.4. The number of rotatable bonds is 6. The summed E-state index contributed by atoms with van der Waals surface area (Å²) in [6.07, 6.45) is 1.88. The number of nitrogens with one attached hydrogen (secondary N) is 2. The molecule has 1 saturated heterocycles. The van der Waals surface area contributed by atoms with Crippen LogP contribution in [0.4, 0.5) is 4.79 Å². The summed E-state index contributed by atoms with van der Waals surface area (Å²) >= 11 is 0. The Hall–Kier alpha value is -1.59. The van der Waals surface area contributed by atoms with E-state index in [-0.39, 0.29) is 23.5 Å². The third-order valence-electron chi connectivity index (χ3n) is 5.38. The average Bonchev–Trinajstić information content (AvgIpc) is 2.60. The highest BCUT2D eigenvalue weighted by Gasteiger charge is 2.35. The number of urea groups is 1. The van der Waals surface area contributed by atoms with Crippen LogP contribution in [0.2, 0.25) is 0 Å². The van der Waals surface area contributed by atoms with Crippen LogP contribution in [0.5, 0.6) is 0 Å². The molecule has 24 heavy (non-hydrogen) atoms. The average molecular weight is 333 g/mol. The highest BCUT2D eigenvalue weighted by molar-refractivity contribution is 5.74. The van der Waals surface area contributed by atoms with Crippen molar-refractivity contribution in [1.82, 2.24) is 15.5 Å². The summed E-state index contributed by atoms with van der Waals surface area (Å²) in [6.45, 7) is 6.33. The highest BCUT2D eigenvalue weighted by Crippen LogP contribution is 2.25. The van der Waals surface area contributed by atoms with E-state index < -0.39 is 0 Å². The molecule has 0 bridgehead atoms. The number of likely N-dealkylation sites (N-methyl/N-ethyl adjacent to an activating group) is 1. The molecule has 0 aliphatic carbocycles. The van der Waals surface area contributed by atoms with E-state index in [1.54, 1.807) is 0 Å². The van der Waals surface area contributed by atoms with Crippen molar-refractivity contribution in [2.24, 2.45) is 0 Å².